The van der Waals surface area contributed by atoms with Gasteiger partial charge in [0.2, 0.25) is 0 Å². The molecule has 0 radical (unpaired) electrons. The smallest absolute Gasteiger partial charge is 0.0593 e. The van der Waals surface area contributed by atoms with Gasteiger partial charge >= 0.3 is 0 Å². The number of thiophene rings is 1. The number of hydrogen-bond donors (Lipinski definition) is 0. The van der Waals surface area contributed by atoms with E-state index in [9.17, 15) is 0 Å². The fourth-order valence-corrected chi connectivity index (χ4v) is 2.95. The molecule has 0 aliphatic heterocycles. The Morgan fingerprint density at radius 3 is 2.74 bits per heavy atom. The first-order chi connectivity index (χ1) is 8.68. The lowest BCUT2D eigenvalue weighted by atomic mass is 10.1. The molecule has 1 heterocycles. The molecule has 0 bridgehead atoms. The minimum absolute atomic E-state index is 0. The van der Waals surface area contributed by atoms with Gasteiger partial charge in [0.15, 0.2) is 0 Å². The van der Waals surface area contributed by atoms with Crippen LogP contribution >= 0.6 is 35.3 Å². The highest BCUT2D eigenvalue weighted by molar-refractivity contribution is 7.17. The molecule has 0 spiro atoms. The molecular weight excluding hydrogens is 301 g/mol. The summed E-state index contributed by atoms with van der Waals surface area (Å²) in [6.45, 7) is 2.45. The minimum atomic E-state index is 0. The molecule has 0 saturated carbocycles. The van der Waals surface area contributed by atoms with E-state index in [4.69, 9.17) is 16.3 Å². The molecule has 0 aliphatic rings. The molecule has 2 nitrogen and oxygen atoms in total. The standard InChI is InChI=1S/C14H18ClNOS.ClH/c1-16(2)7-9-17-8-5-11-3-4-13-12(14(11)15)6-10-18-13;/h3-4,6,10H,5,7-9H2,1-2H3;1H. The predicted molar refractivity (Wildman–Crippen MR) is 87.2 cm³/mol. The molecule has 5 heteroatoms. The Balaban J connectivity index is 0.00000180. The third-order valence-electron chi connectivity index (χ3n) is 2.85. The van der Waals surface area contributed by atoms with Gasteiger partial charge in [-0.3, -0.25) is 0 Å². The Labute approximate surface area is 129 Å². The Bertz CT molecular complexity index is 513. The lowest BCUT2D eigenvalue weighted by Gasteiger charge is -2.10. The minimum Gasteiger partial charge on any atom is -0.380 e. The SMILES string of the molecule is CN(C)CCOCCc1ccc2sccc2c1Cl.Cl. The molecule has 0 amide bonds. The van der Waals surface area contributed by atoms with E-state index in [0.29, 0.717) is 0 Å². The highest BCUT2D eigenvalue weighted by atomic mass is 35.5. The highest BCUT2D eigenvalue weighted by Crippen LogP contribution is 2.31. The van der Waals surface area contributed by atoms with Crippen LogP contribution in [0.2, 0.25) is 5.02 Å². The monoisotopic (exact) mass is 319 g/mol. The molecule has 2 aromatic rings. The van der Waals surface area contributed by atoms with Gasteiger partial charge in [0.1, 0.15) is 0 Å². The number of halogens is 2. The van der Waals surface area contributed by atoms with Crippen LogP contribution in [0.4, 0.5) is 0 Å². The van der Waals surface area contributed by atoms with Gasteiger partial charge in [0.25, 0.3) is 0 Å². The van der Waals surface area contributed by atoms with Crippen molar-refractivity contribution in [3.05, 3.63) is 34.2 Å². The maximum absolute atomic E-state index is 6.39. The van der Waals surface area contributed by atoms with Crippen molar-refractivity contribution in [1.29, 1.82) is 0 Å². The van der Waals surface area contributed by atoms with Crippen molar-refractivity contribution in [2.75, 3.05) is 33.9 Å². The van der Waals surface area contributed by atoms with Crippen molar-refractivity contribution in [3.8, 4) is 0 Å². The summed E-state index contributed by atoms with van der Waals surface area (Å²) < 4.78 is 6.85. The number of ether oxygens (including phenoxy) is 1. The summed E-state index contributed by atoms with van der Waals surface area (Å²) in [5.74, 6) is 0. The zero-order valence-electron chi connectivity index (χ0n) is 11.2. The van der Waals surface area contributed by atoms with Crippen LogP contribution in [0.5, 0.6) is 0 Å². The molecule has 0 fully saturated rings. The first kappa shape index (κ1) is 16.7. The van der Waals surface area contributed by atoms with Crippen molar-refractivity contribution in [3.63, 3.8) is 0 Å². The topological polar surface area (TPSA) is 12.5 Å². The van der Waals surface area contributed by atoms with Gasteiger partial charge in [-0.05, 0) is 43.6 Å². The molecule has 106 valence electrons. The van der Waals surface area contributed by atoms with E-state index >= 15 is 0 Å². The summed E-state index contributed by atoms with van der Waals surface area (Å²) in [4.78, 5) is 2.12. The Morgan fingerprint density at radius 1 is 1.21 bits per heavy atom. The summed E-state index contributed by atoms with van der Waals surface area (Å²) in [5.41, 5.74) is 1.17. The fourth-order valence-electron chi connectivity index (χ4n) is 1.78. The lowest BCUT2D eigenvalue weighted by molar-refractivity contribution is 0.120. The summed E-state index contributed by atoms with van der Waals surface area (Å²) in [5, 5.41) is 4.12. The van der Waals surface area contributed by atoms with Crippen LogP contribution in [0.1, 0.15) is 5.56 Å². The van der Waals surface area contributed by atoms with Crippen LogP contribution in [0.15, 0.2) is 23.6 Å². The first-order valence-electron chi connectivity index (χ1n) is 6.05. The van der Waals surface area contributed by atoms with Gasteiger partial charge in [-0.25, -0.2) is 0 Å². The second kappa shape index (κ2) is 8.08. The molecule has 0 unspecified atom stereocenters. The van der Waals surface area contributed by atoms with Gasteiger partial charge in [-0.1, -0.05) is 17.7 Å². The van der Waals surface area contributed by atoms with E-state index in [1.54, 1.807) is 11.3 Å². The van der Waals surface area contributed by atoms with Crippen molar-refractivity contribution in [2.24, 2.45) is 0 Å². The van der Waals surface area contributed by atoms with E-state index in [-0.39, 0.29) is 12.4 Å². The molecule has 0 aliphatic carbocycles. The molecule has 2 rings (SSSR count). The average molecular weight is 320 g/mol. The zero-order chi connectivity index (χ0) is 13.0. The Hall–Kier alpha value is -0.320. The van der Waals surface area contributed by atoms with Crippen LogP contribution in [0.25, 0.3) is 10.1 Å². The summed E-state index contributed by atoms with van der Waals surface area (Å²) in [6.07, 6.45) is 0.873. The maximum Gasteiger partial charge on any atom is 0.0593 e. The van der Waals surface area contributed by atoms with E-state index in [0.717, 1.165) is 36.6 Å². The number of nitrogens with zero attached hydrogens (tertiary/aromatic N) is 1. The largest absolute Gasteiger partial charge is 0.380 e. The molecule has 1 aromatic carbocycles. The van der Waals surface area contributed by atoms with Crippen molar-refractivity contribution in [1.82, 2.24) is 4.90 Å². The molecule has 0 saturated heterocycles. The van der Waals surface area contributed by atoms with Gasteiger partial charge in [0.05, 0.1) is 18.2 Å². The van der Waals surface area contributed by atoms with Crippen LogP contribution in [0, 0.1) is 0 Å². The number of fused-ring (bicyclic) bond motifs is 1. The predicted octanol–water partition coefficient (Wildman–Crippen LogP) is 4.10. The molecule has 0 N–H and O–H groups in total. The molecule has 0 atom stereocenters. The lowest BCUT2D eigenvalue weighted by Crippen LogP contribution is -2.18. The normalized spacial score (nSPS) is 10.9. The summed E-state index contributed by atoms with van der Waals surface area (Å²) in [6, 6.07) is 6.33. The third kappa shape index (κ3) is 4.62. The highest BCUT2D eigenvalue weighted by Gasteiger charge is 2.06. The first-order valence-corrected chi connectivity index (χ1v) is 7.31. The van der Waals surface area contributed by atoms with Crippen LogP contribution in [-0.4, -0.2) is 38.8 Å². The summed E-state index contributed by atoms with van der Waals surface area (Å²) in [7, 11) is 4.09. The number of hydrogen-bond acceptors (Lipinski definition) is 3. The number of rotatable bonds is 6. The number of likely N-dealkylation sites (N-methyl/N-ethyl adjacent to an activating group) is 1. The summed E-state index contributed by atoms with van der Waals surface area (Å²) >= 11 is 8.11. The molecule has 1 aromatic heterocycles. The zero-order valence-corrected chi connectivity index (χ0v) is 13.6. The van der Waals surface area contributed by atoms with Crippen LogP contribution in [0.3, 0.4) is 0 Å². The molecule has 19 heavy (non-hydrogen) atoms. The Morgan fingerprint density at radius 2 is 2.00 bits per heavy atom. The second-order valence-corrected chi connectivity index (χ2v) is 5.86. The van der Waals surface area contributed by atoms with E-state index < -0.39 is 0 Å². The van der Waals surface area contributed by atoms with Gasteiger partial charge in [0, 0.05) is 16.6 Å². The fraction of sp³-hybridized carbons (Fsp3) is 0.429. The van der Waals surface area contributed by atoms with Crippen LogP contribution in [-0.2, 0) is 11.2 Å². The Kier molecular flexibility index (Phi) is 7.11. The van der Waals surface area contributed by atoms with Crippen molar-refractivity contribution >= 4 is 45.4 Å². The average Bonchev–Trinajstić information content (AvgIpc) is 2.80. The quantitative estimate of drug-likeness (QED) is 0.743. The van der Waals surface area contributed by atoms with Gasteiger partial charge < -0.3 is 9.64 Å². The second-order valence-electron chi connectivity index (χ2n) is 4.54. The van der Waals surface area contributed by atoms with E-state index in [1.807, 2.05) is 14.1 Å². The van der Waals surface area contributed by atoms with Crippen LogP contribution < -0.4 is 0 Å². The third-order valence-corrected chi connectivity index (χ3v) is 4.18. The van der Waals surface area contributed by atoms with E-state index in [1.165, 1.54) is 10.3 Å². The van der Waals surface area contributed by atoms with E-state index in [2.05, 4.69) is 28.5 Å². The number of benzene rings is 1. The van der Waals surface area contributed by atoms with Gasteiger partial charge in [-0.15, -0.1) is 23.7 Å². The molecular formula is C14H19Cl2NOS. The van der Waals surface area contributed by atoms with Crippen molar-refractivity contribution in [2.45, 2.75) is 6.42 Å². The maximum atomic E-state index is 6.39. The van der Waals surface area contributed by atoms with Gasteiger partial charge in [-0.2, -0.15) is 0 Å². The van der Waals surface area contributed by atoms with Crippen molar-refractivity contribution < 1.29 is 4.74 Å².